The fourth-order valence-electron chi connectivity index (χ4n) is 4.93. The molecule has 5 rings (SSSR count). The summed E-state index contributed by atoms with van der Waals surface area (Å²) in [6.07, 6.45) is 4.09. The van der Waals surface area contributed by atoms with Crippen molar-refractivity contribution in [2.45, 2.75) is 12.8 Å². The Morgan fingerprint density at radius 2 is 0.894 bits per heavy atom. The van der Waals surface area contributed by atoms with Crippen LogP contribution in [0.2, 0.25) is 0 Å². The van der Waals surface area contributed by atoms with Gasteiger partial charge in [0.15, 0.2) is 0 Å². The molecule has 0 aromatic heterocycles. The molecule has 0 fully saturated rings. The third-order valence-corrected chi connectivity index (χ3v) is 7.31. The molecule has 244 valence electrons. The average molecular weight is 637 g/mol. The van der Waals surface area contributed by atoms with E-state index in [-0.39, 0.29) is 11.5 Å². The van der Waals surface area contributed by atoms with Crippen LogP contribution in [0.1, 0.15) is 22.3 Å². The summed E-state index contributed by atoms with van der Waals surface area (Å²) >= 11 is 0. The lowest BCUT2D eigenvalue weighted by molar-refractivity contribution is 0.00504. The standard InChI is InChI=1S/C38H40N2O7/c1-28-24-29-8-6-10-31(37(29)41)26-39-33-12-2-4-14-35(33)46-22-20-44-18-16-43-17-19-45-21-23-47-36-15-5-3-13-34(36)40-27-32-11-7-9-30(25-28)38(32)42/h2-15,26-27,41-42H,1,16-25H2. The van der Waals surface area contributed by atoms with Gasteiger partial charge in [0.25, 0.3) is 0 Å². The van der Waals surface area contributed by atoms with E-state index in [9.17, 15) is 10.2 Å². The fourth-order valence-corrected chi connectivity index (χ4v) is 4.93. The summed E-state index contributed by atoms with van der Waals surface area (Å²) in [6.45, 7) is 7.51. The minimum Gasteiger partial charge on any atom is -0.507 e. The largest absolute Gasteiger partial charge is 0.507 e. The number of allylic oxidation sites excluding steroid dienone is 1. The van der Waals surface area contributed by atoms with Gasteiger partial charge < -0.3 is 33.9 Å². The van der Waals surface area contributed by atoms with Gasteiger partial charge in [-0.15, -0.1) is 0 Å². The summed E-state index contributed by atoms with van der Waals surface area (Å²) in [4.78, 5) is 9.20. The lowest BCUT2D eigenvalue weighted by Gasteiger charge is -2.12. The molecule has 0 aliphatic carbocycles. The van der Waals surface area contributed by atoms with Crippen LogP contribution < -0.4 is 9.47 Å². The molecule has 0 amide bonds. The van der Waals surface area contributed by atoms with E-state index in [4.69, 9.17) is 23.7 Å². The van der Waals surface area contributed by atoms with Gasteiger partial charge in [-0.05, 0) is 60.4 Å². The molecular weight excluding hydrogens is 596 g/mol. The summed E-state index contributed by atoms with van der Waals surface area (Å²) in [5, 5.41) is 22.2. The third kappa shape index (κ3) is 10.0. The van der Waals surface area contributed by atoms with E-state index in [1.807, 2.05) is 72.8 Å². The first-order valence-electron chi connectivity index (χ1n) is 15.6. The maximum atomic E-state index is 11.1. The molecule has 0 atom stereocenters. The van der Waals surface area contributed by atoms with Crippen LogP contribution in [0.25, 0.3) is 0 Å². The van der Waals surface area contributed by atoms with E-state index >= 15 is 0 Å². The van der Waals surface area contributed by atoms with Crippen LogP contribution in [0.3, 0.4) is 0 Å². The molecule has 1 heterocycles. The van der Waals surface area contributed by atoms with Gasteiger partial charge >= 0.3 is 0 Å². The Morgan fingerprint density at radius 3 is 1.34 bits per heavy atom. The van der Waals surface area contributed by atoms with Crippen molar-refractivity contribution >= 4 is 23.8 Å². The molecule has 47 heavy (non-hydrogen) atoms. The average Bonchev–Trinajstić information content (AvgIpc) is 3.08. The number of para-hydroxylation sites is 6. The fraction of sp³-hybridized carbons (Fsp3) is 0.263. The topological polar surface area (TPSA) is 111 Å². The molecule has 1 aliphatic heterocycles. The van der Waals surface area contributed by atoms with Gasteiger partial charge in [-0.2, -0.15) is 0 Å². The second-order valence-corrected chi connectivity index (χ2v) is 10.8. The zero-order chi connectivity index (χ0) is 32.7. The normalized spacial score (nSPS) is 15.8. The van der Waals surface area contributed by atoms with Gasteiger partial charge in [0, 0.05) is 23.6 Å². The van der Waals surface area contributed by atoms with Crippen molar-refractivity contribution in [3.63, 3.8) is 0 Å². The molecule has 4 aromatic carbocycles. The Labute approximate surface area is 275 Å². The maximum absolute atomic E-state index is 11.1. The molecule has 4 aromatic rings. The molecule has 0 radical (unpaired) electrons. The van der Waals surface area contributed by atoms with Gasteiger partial charge in [-0.3, -0.25) is 9.98 Å². The molecule has 4 bridgehead atoms. The Bertz CT molecular complexity index is 1560. The Morgan fingerprint density at radius 1 is 0.489 bits per heavy atom. The highest BCUT2D eigenvalue weighted by Crippen LogP contribution is 2.31. The van der Waals surface area contributed by atoms with Gasteiger partial charge in [0.2, 0.25) is 0 Å². The zero-order valence-electron chi connectivity index (χ0n) is 26.3. The minimum atomic E-state index is 0.128. The molecule has 2 N–H and O–H groups in total. The summed E-state index contributed by atoms with van der Waals surface area (Å²) in [5.41, 5.74) is 4.67. The number of nitrogens with zero attached hydrogens (tertiary/aromatic N) is 2. The van der Waals surface area contributed by atoms with Gasteiger partial charge in [0.05, 0.1) is 39.6 Å². The van der Waals surface area contributed by atoms with Crippen molar-refractivity contribution in [3.8, 4) is 23.0 Å². The van der Waals surface area contributed by atoms with Crippen molar-refractivity contribution in [2.24, 2.45) is 9.98 Å². The van der Waals surface area contributed by atoms with E-state index in [0.717, 1.165) is 5.57 Å². The highest BCUT2D eigenvalue weighted by Gasteiger charge is 2.12. The molecule has 9 nitrogen and oxygen atoms in total. The maximum Gasteiger partial charge on any atom is 0.145 e. The summed E-state index contributed by atoms with van der Waals surface area (Å²) in [6, 6.07) is 26.0. The van der Waals surface area contributed by atoms with Crippen molar-refractivity contribution in [1.82, 2.24) is 0 Å². The molecule has 0 spiro atoms. The number of aliphatic imine (C=N–C) groups is 2. The van der Waals surface area contributed by atoms with E-state index in [1.54, 1.807) is 24.6 Å². The van der Waals surface area contributed by atoms with Crippen LogP contribution in [-0.4, -0.2) is 75.5 Å². The minimum absolute atomic E-state index is 0.128. The summed E-state index contributed by atoms with van der Waals surface area (Å²) in [7, 11) is 0. The Balaban J connectivity index is 1.34. The number of phenols is 2. The molecule has 9 heteroatoms. The predicted octanol–water partition coefficient (Wildman–Crippen LogP) is 6.76. The first-order valence-corrected chi connectivity index (χ1v) is 15.6. The number of fused-ring (bicyclic) bond motifs is 6. The molecule has 0 saturated carbocycles. The van der Waals surface area contributed by atoms with Crippen molar-refractivity contribution in [2.75, 3.05) is 52.9 Å². The van der Waals surface area contributed by atoms with E-state index in [1.165, 1.54) is 0 Å². The first-order chi connectivity index (χ1) is 23.1. The number of phenolic OH excluding ortho intramolecular Hbond substituents is 2. The lowest BCUT2D eigenvalue weighted by atomic mass is 9.96. The third-order valence-electron chi connectivity index (χ3n) is 7.31. The van der Waals surface area contributed by atoms with E-state index in [2.05, 4.69) is 16.6 Å². The smallest absolute Gasteiger partial charge is 0.145 e. The van der Waals surface area contributed by atoms with E-state index < -0.39 is 0 Å². The lowest BCUT2D eigenvalue weighted by Crippen LogP contribution is -2.14. The van der Waals surface area contributed by atoms with Crippen molar-refractivity contribution in [1.29, 1.82) is 0 Å². The number of hydrogen-bond donors (Lipinski definition) is 2. The predicted molar refractivity (Wildman–Crippen MR) is 184 cm³/mol. The SMILES string of the molecule is C=C1Cc2cccc(c2O)C=Nc2ccccc2OCCOCCOCCOCCOc2ccccc2N=Cc2cccc(c2O)C1. The van der Waals surface area contributed by atoms with E-state index in [0.29, 0.717) is 111 Å². The van der Waals surface area contributed by atoms with Crippen LogP contribution in [0.15, 0.2) is 107 Å². The van der Waals surface area contributed by atoms with Gasteiger partial charge in [-0.25, -0.2) is 0 Å². The number of hydrogen-bond acceptors (Lipinski definition) is 9. The highest BCUT2D eigenvalue weighted by molar-refractivity contribution is 5.87. The van der Waals surface area contributed by atoms with Crippen LogP contribution in [-0.2, 0) is 27.1 Å². The number of benzene rings is 4. The second-order valence-electron chi connectivity index (χ2n) is 10.8. The van der Waals surface area contributed by atoms with Crippen LogP contribution >= 0.6 is 0 Å². The van der Waals surface area contributed by atoms with Crippen molar-refractivity contribution in [3.05, 3.63) is 119 Å². The van der Waals surface area contributed by atoms with Crippen LogP contribution in [0, 0.1) is 0 Å². The highest BCUT2D eigenvalue weighted by atomic mass is 16.6. The molecule has 0 saturated heterocycles. The Kier molecular flexibility index (Phi) is 12.6. The van der Waals surface area contributed by atoms with Crippen LogP contribution in [0.4, 0.5) is 11.4 Å². The van der Waals surface area contributed by atoms with Crippen molar-refractivity contribution < 1.29 is 33.9 Å². The molecule has 1 aliphatic rings. The number of rotatable bonds is 0. The Hall–Kier alpha value is -4.96. The van der Waals surface area contributed by atoms with Crippen LogP contribution in [0.5, 0.6) is 23.0 Å². The zero-order valence-corrected chi connectivity index (χ0v) is 26.3. The summed E-state index contributed by atoms with van der Waals surface area (Å²) < 4.78 is 28.7. The van der Waals surface area contributed by atoms with Gasteiger partial charge in [-0.1, -0.05) is 60.7 Å². The molecular formula is C38H40N2O7. The number of ether oxygens (including phenoxy) is 5. The monoisotopic (exact) mass is 636 g/mol. The quantitative estimate of drug-likeness (QED) is 0.205. The van der Waals surface area contributed by atoms with Gasteiger partial charge in [0.1, 0.15) is 47.6 Å². The summed E-state index contributed by atoms with van der Waals surface area (Å²) in [5.74, 6) is 1.49. The first kappa shape index (κ1) is 33.4. The molecule has 0 unspecified atom stereocenters. The second kappa shape index (κ2) is 17.7. The number of aromatic hydroxyl groups is 2.